The van der Waals surface area contributed by atoms with E-state index in [9.17, 15) is 38.7 Å². The number of imidazole rings is 1. The number of aromatic amines is 1. The summed E-state index contributed by atoms with van der Waals surface area (Å²) in [7, 11) is 0. The van der Waals surface area contributed by atoms with Gasteiger partial charge in [-0.2, -0.15) is 0 Å². The predicted molar refractivity (Wildman–Crippen MR) is 305 cm³/mol. The molecule has 0 bridgehead atoms. The van der Waals surface area contributed by atoms with Crippen LogP contribution in [0.25, 0.3) is 40.8 Å². The molecule has 81 heavy (non-hydrogen) atoms. The second kappa shape index (κ2) is 27.0. The summed E-state index contributed by atoms with van der Waals surface area (Å²) in [6.45, 7) is 0.938. The zero-order valence-corrected chi connectivity index (χ0v) is 45.9. The number of hydrogen-bond acceptors (Lipinski definition) is 12. The van der Waals surface area contributed by atoms with Crippen LogP contribution in [-0.4, -0.2) is 127 Å². The summed E-state index contributed by atoms with van der Waals surface area (Å²) in [5.74, 6) is -1.38. The Kier molecular flexibility index (Phi) is 19.5. The molecule has 0 spiro atoms. The number of carbonyl (C=O) groups is 5. The molecule has 2 aromatic carbocycles. The minimum atomic E-state index is -4.16. The first-order valence-corrected chi connectivity index (χ1v) is 27.7. The van der Waals surface area contributed by atoms with E-state index in [4.69, 9.17) is 9.47 Å². The number of H-pyrrole nitrogens is 1. The quantitative estimate of drug-likeness (QED) is 0.0267. The summed E-state index contributed by atoms with van der Waals surface area (Å²) < 4.78 is 48.5. The Morgan fingerprint density at radius 2 is 1.47 bits per heavy atom. The van der Waals surface area contributed by atoms with Crippen LogP contribution in [0, 0.1) is 0 Å². The first-order chi connectivity index (χ1) is 39.1. The van der Waals surface area contributed by atoms with Crippen molar-refractivity contribution >= 4 is 82.9 Å². The van der Waals surface area contributed by atoms with Gasteiger partial charge in [0.05, 0.1) is 11.5 Å². The van der Waals surface area contributed by atoms with Gasteiger partial charge in [0.15, 0.2) is 30.3 Å². The number of ether oxygens (including phenoxy) is 2. The maximum absolute atomic E-state index is 16.2. The fourth-order valence-corrected chi connectivity index (χ4v) is 9.97. The number of allylic oxidation sites excluding steroid dienone is 2. The Balaban J connectivity index is 0.663. The van der Waals surface area contributed by atoms with Gasteiger partial charge in [0.25, 0.3) is 17.4 Å². The standard InChI is InChI=1S/C56H64BF2N11O10S/c1-4-29-67-52-50(55(77)68(30-5-2)56(67)78)65-51(66-52)38-15-23-43(24-16-38)80-35-49(74)61-27-28-62-53(75)36(3)63-54(76)44(33-71)64-47(72)11-7-6-8-26-60-48(73)34-79-42-21-13-37(14-22-42)12-17-39-18-19-40-32-41-20-25-45(46-10-9-31-81-46)70(41)57(58,59)69(39)40/h9-10,12-25,31-32,36,44,71H,4-8,11,26-30,33-35H2,1-3H3,(H,60,73)(H,61,74)(H,62,75)(H,63,76)(H,64,72)(H,65,66)/b17-12+/t36-,44-/m0/s1. The number of aliphatic hydroxyl groups excluding tert-OH is 1. The molecule has 0 unspecified atom stereocenters. The lowest BCUT2D eigenvalue weighted by Crippen LogP contribution is -2.54. The van der Waals surface area contributed by atoms with Crippen LogP contribution in [0.1, 0.15) is 81.1 Å². The molecule has 0 radical (unpaired) electrons. The van der Waals surface area contributed by atoms with Crippen molar-refractivity contribution in [3.05, 3.63) is 139 Å². The van der Waals surface area contributed by atoms with Crippen molar-refractivity contribution in [2.24, 2.45) is 0 Å². The number of aliphatic hydroxyl groups is 1. The molecule has 6 aromatic rings. The van der Waals surface area contributed by atoms with Crippen LogP contribution >= 0.6 is 11.3 Å². The molecule has 0 saturated carbocycles. The van der Waals surface area contributed by atoms with Crippen LogP contribution in [0.2, 0.25) is 0 Å². The van der Waals surface area contributed by atoms with Crippen LogP contribution in [0.5, 0.6) is 11.5 Å². The number of hydrogen-bond donors (Lipinski definition) is 7. The van der Waals surface area contributed by atoms with Gasteiger partial charge in [-0.1, -0.05) is 44.5 Å². The lowest BCUT2D eigenvalue weighted by atomic mass is 9.90. The highest BCUT2D eigenvalue weighted by atomic mass is 32.1. The third-order valence-electron chi connectivity index (χ3n) is 13.3. The van der Waals surface area contributed by atoms with E-state index < -0.39 is 60.5 Å². The second-order valence-corrected chi connectivity index (χ2v) is 20.2. The molecule has 426 valence electrons. The molecule has 5 amide bonds. The fraction of sp³-hybridized carbons (Fsp3) is 0.339. The zero-order valence-electron chi connectivity index (χ0n) is 45.0. The maximum atomic E-state index is 16.2. The third kappa shape index (κ3) is 14.2. The monoisotopic (exact) mass is 1130 g/mol. The number of aromatic nitrogens is 5. The van der Waals surface area contributed by atoms with E-state index >= 15 is 8.63 Å². The molecule has 0 fully saturated rings. The Hall–Kier alpha value is -8.71. The highest BCUT2D eigenvalue weighted by molar-refractivity contribution is 7.12. The van der Waals surface area contributed by atoms with E-state index in [-0.39, 0.29) is 49.8 Å². The topological polar surface area (TPSA) is 265 Å². The number of fused-ring (bicyclic) bond motifs is 3. The molecule has 8 rings (SSSR count). The molecular formula is C56H64BF2N11O10S. The van der Waals surface area contributed by atoms with Gasteiger partial charge in [0, 0.05) is 74.3 Å². The molecule has 0 saturated heterocycles. The van der Waals surface area contributed by atoms with Crippen molar-refractivity contribution in [1.29, 1.82) is 0 Å². The highest BCUT2D eigenvalue weighted by Gasteiger charge is 2.52. The van der Waals surface area contributed by atoms with Crippen molar-refractivity contribution in [3.63, 3.8) is 0 Å². The highest BCUT2D eigenvalue weighted by Crippen LogP contribution is 2.35. The van der Waals surface area contributed by atoms with Crippen LogP contribution < -0.4 is 47.3 Å². The summed E-state index contributed by atoms with van der Waals surface area (Å²) >= 11 is 1.41. The summed E-state index contributed by atoms with van der Waals surface area (Å²) in [6.07, 6.45) is 11.5. The average molecular weight is 1130 g/mol. The molecule has 6 heterocycles. The summed E-state index contributed by atoms with van der Waals surface area (Å²) in [5.41, 5.74) is 2.77. The van der Waals surface area contributed by atoms with Gasteiger partial charge < -0.3 is 63.7 Å². The molecule has 2 aliphatic rings. The predicted octanol–water partition coefficient (Wildman–Crippen LogP) is 4.40. The second-order valence-electron chi connectivity index (χ2n) is 19.3. The molecule has 7 N–H and O–H groups in total. The van der Waals surface area contributed by atoms with Crippen LogP contribution in [-0.2, 0) is 37.1 Å². The van der Waals surface area contributed by atoms with Crippen molar-refractivity contribution in [1.82, 2.24) is 50.2 Å². The van der Waals surface area contributed by atoms with Gasteiger partial charge in [-0.3, -0.25) is 37.9 Å². The van der Waals surface area contributed by atoms with E-state index in [0.717, 1.165) is 19.4 Å². The zero-order chi connectivity index (χ0) is 57.6. The summed E-state index contributed by atoms with van der Waals surface area (Å²) in [5, 5.41) is 24.6. The van der Waals surface area contributed by atoms with E-state index in [1.165, 1.54) is 27.4 Å². The number of amides is 5. The van der Waals surface area contributed by atoms with E-state index in [1.807, 2.05) is 31.4 Å². The largest absolute Gasteiger partial charge is 0.737 e. The Bertz CT molecular complexity index is 3510. The average Bonchev–Trinajstić information content (AvgIpc) is 4.52. The normalized spacial score (nSPS) is 14.0. The number of carbonyl (C=O) groups excluding carboxylic acids is 5. The lowest BCUT2D eigenvalue weighted by molar-refractivity contribution is -0.360. The molecule has 2 aliphatic heterocycles. The maximum Gasteiger partial charge on any atom is 0.737 e. The molecule has 25 heteroatoms. The molecule has 2 atom stereocenters. The van der Waals surface area contributed by atoms with Crippen LogP contribution in [0.4, 0.5) is 8.63 Å². The summed E-state index contributed by atoms with van der Waals surface area (Å²) in [6, 6.07) is 18.2. The smallest absolute Gasteiger partial charge is 0.484 e. The van der Waals surface area contributed by atoms with Crippen molar-refractivity contribution < 1.29 is 51.7 Å². The van der Waals surface area contributed by atoms with Gasteiger partial charge in [-0.15, -0.1) is 11.3 Å². The van der Waals surface area contributed by atoms with Gasteiger partial charge in [-0.25, -0.2) is 9.78 Å². The third-order valence-corrected chi connectivity index (χ3v) is 14.2. The first kappa shape index (κ1) is 58.4. The minimum Gasteiger partial charge on any atom is -0.484 e. The Morgan fingerprint density at radius 3 is 2.15 bits per heavy atom. The number of nitrogens with one attached hydrogen (secondary N) is 6. The molecule has 4 aromatic heterocycles. The van der Waals surface area contributed by atoms with Gasteiger partial charge in [0.2, 0.25) is 17.7 Å². The first-order valence-electron chi connectivity index (χ1n) is 26.8. The van der Waals surface area contributed by atoms with Gasteiger partial charge in [-0.05, 0) is 104 Å². The van der Waals surface area contributed by atoms with Crippen LogP contribution in [0.3, 0.4) is 0 Å². The van der Waals surface area contributed by atoms with Crippen molar-refractivity contribution in [2.75, 3.05) is 39.5 Å². The molecule has 21 nitrogen and oxygen atoms in total. The Labute approximate surface area is 468 Å². The number of rotatable bonds is 28. The van der Waals surface area contributed by atoms with E-state index in [1.54, 1.807) is 91.0 Å². The van der Waals surface area contributed by atoms with Crippen LogP contribution in [0.15, 0.2) is 106 Å². The minimum absolute atomic E-state index is 0.0290. The van der Waals surface area contributed by atoms with E-state index in [0.29, 0.717) is 97.4 Å². The number of nitrogens with zero attached hydrogens (tertiary/aromatic N) is 5. The van der Waals surface area contributed by atoms with Gasteiger partial charge in [0.1, 0.15) is 34.9 Å². The lowest BCUT2D eigenvalue weighted by Gasteiger charge is -2.30. The molecular weight excluding hydrogens is 1070 g/mol. The number of thiophene rings is 1. The SMILES string of the molecule is CCCn1c(=O)c2[nH]c(-c3ccc(OCC(=O)NCCNC(=O)[C@H](C)NC(=O)[C@H](CO)NC(=O)CCCCCNC(=O)COc4ccc(/C=C/c5ccc6n5[B-](F)(F)[N+]5=C(c7cccs7)C=CC5=C6)cc4)cc3)nc2n(CCC)c1=O. The van der Waals surface area contributed by atoms with Gasteiger partial charge >= 0.3 is 12.7 Å². The number of unbranched alkanes of at least 4 members (excludes halogenated alkanes) is 2. The Morgan fingerprint density at radius 1 is 0.790 bits per heavy atom. The van der Waals surface area contributed by atoms with E-state index in [2.05, 4.69) is 36.6 Å². The van der Waals surface area contributed by atoms with Crippen molar-refractivity contribution in [3.8, 4) is 22.9 Å². The number of halogens is 2. The molecule has 0 aliphatic carbocycles. The number of aryl methyl sites for hydroxylation is 1. The fourth-order valence-electron chi connectivity index (χ4n) is 9.22. The number of benzene rings is 2. The van der Waals surface area contributed by atoms with Crippen molar-refractivity contribution in [2.45, 2.75) is 84.5 Å². The summed E-state index contributed by atoms with van der Waals surface area (Å²) in [4.78, 5) is 97.6.